The second kappa shape index (κ2) is 11.6. The lowest BCUT2D eigenvalue weighted by molar-refractivity contribution is -0.119. The normalized spacial score (nSPS) is 16.3. The highest BCUT2D eigenvalue weighted by molar-refractivity contribution is 8.15. The molecule has 0 saturated carbocycles. The Balaban J connectivity index is 1.39. The molecular formula is C28H25FN6O5S3. The standard InChI is InChI=1S/C28H25FN6O5S3/c1-15(2)12-35-13-18(11-30-35)17-8-19(29)23-20(9-17)41-27(31-23)24(43(38,39)14-16-6-4-3-5-7-16)26-34-33-22(40-26)10-21-25(36)32-28(37)42-21/h3-9,11,13,15,21,24H,10,12,14H2,1-2H3,(H,32,36,37). The van der Waals surface area contributed by atoms with Crippen molar-refractivity contribution in [3.8, 4) is 11.1 Å². The number of benzene rings is 2. The molecule has 43 heavy (non-hydrogen) atoms. The van der Waals surface area contributed by atoms with Crippen molar-refractivity contribution in [2.24, 2.45) is 5.92 Å². The second-order valence-corrected chi connectivity index (χ2v) is 14.8. The lowest BCUT2D eigenvalue weighted by Crippen LogP contribution is -2.25. The molecule has 5 aromatic rings. The van der Waals surface area contributed by atoms with Crippen molar-refractivity contribution in [1.29, 1.82) is 0 Å². The van der Waals surface area contributed by atoms with Gasteiger partial charge < -0.3 is 4.42 Å². The van der Waals surface area contributed by atoms with E-state index in [4.69, 9.17) is 4.42 Å². The number of fused-ring (bicyclic) bond motifs is 1. The molecule has 4 heterocycles. The third-order valence-corrected chi connectivity index (χ3v) is 10.7. The monoisotopic (exact) mass is 640 g/mol. The van der Waals surface area contributed by atoms with Crippen molar-refractivity contribution in [2.75, 3.05) is 0 Å². The summed E-state index contributed by atoms with van der Waals surface area (Å²) in [7, 11) is -4.07. The van der Waals surface area contributed by atoms with Gasteiger partial charge in [0.15, 0.2) is 20.9 Å². The van der Waals surface area contributed by atoms with Crippen molar-refractivity contribution in [2.45, 2.75) is 43.1 Å². The molecule has 15 heteroatoms. The minimum Gasteiger partial charge on any atom is -0.423 e. The van der Waals surface area contributed by atoms with E-state index in [2.05, 4.69) is 39.4 Å². The second-order valence-electron chi connectivity index (χ2n) is 10.5. The first-order chi connectivity index (χ1) is 20.6. The number of nitrogens with one attached hydrogen (secondary N) is 1. The van der Waals surface area contributed by atoms with Crippen molar-refractivity contribution >= 4 is 54.3 Å². The van der Waals surface area contributed by atoms with E-state index in [-0.39, 0.29) is 34.5 Å². The number of carbonyl (C=O) groups excluding carboxylic acids is 2. The predicted octanol–water partition coefficient (Wildman–Crippen LogP) is 4.94. The molecule has 11 nitrogen and oxygen atoms in total. The van der Waals surface area contributed by atoms with Gasteiger partial charge in [-0.2, -0.15) is 5.10 Å². The Morgan fingerprint density at radius 1 is 1.12 bits per heavy atom. The van der Waals surface area contributed by atoms with Gasteiger partial charge in [-0.05, 0) is 29.2 Å². The van der Waals surface area contributed by atoms with Crippen LogP contribution in [0.2, 0.25) is 0 Å². The maximum Gasteiger partial charge on any atom is 0.286 e. The van der Waals surface area contributed by atoms with E-state index in [9.17, 15) is 18.0 Å². The third-order valence-electron chi connectivity index (χ3n) is 6.61. The first-order valence-corrected chi connectivity index (χ1v) is 16.7. The van der Waals surface area contributed by atoms with Crippen LogP contribution in [0.3, 0.4) is 0 Å². The summed E-state index contributed by atoms with van der Waals surface area (Å²) in [6, 6.07) is 11.7. The van der Waals surface area contributed by atoms with E-state index in [0.717, 1.165) is 28.7 Å². The summed E-state index contributed by atoms with van der Waals surface area (Å²) in [5.74, 6) is -1.33. The molecule has 1 saturated heterocycles. The van der Waals surface area contributed by atoms with E-state index >= 15 is 4.39 Å². The minimum atomic E-state index is -4.07. The Morgan fingerprint density at radius 2 is 1.91 bits per heavy atom. The van der Waals surface area contributed by atoms with E-state index in [1.54, 1.807) is 47.3 Å². The fraction of sp³-hybridized carbons (Fsp3) is 0.286. The van der Waals surface area contributed by atoms with Gasteiger partial charge in [0, 0.05) is 24.7 Å². The number of nitrogens with zero attached hydrogens (tertiary/aromatic N) is 5. The van der Waals surface area contributed by atoms with E-state index in [1.165, 1.54) is 6.07 Å². The Hall–Kier alpha value is -3.95. The highest BCUT2D eigenvalue weighted by Crippen LogP contribution is 2.39. The number of aromatic nitrogens is 5. The number of halogens is 1. The molecule has 6 rings (SSSR count). The maximum atomic E-state index is 15.4. The summed E-state index contributed by atoms with van der Waals surface area (Å²) < 4.78 is 51.3. The number of imide groups is 1. The summed E-state index contributed by atoms with van der Waals surface area (Å²) >= 11 is 1.82. The Morgan fingerprint density at radius 3 is 2.63 bits per heavy atom. The molecule has 2 unspecified atom stereocenters. The zero-order valence-electron chi connectivity index (χ0n) is 22.9. The first-order valence-electron chi connectivity index (χ1n) is 13.3. The Bertz CT molecular complexity index is 1940. The smallest absolute Gasteiger partial charge is 0.286 e. The van der Waals surface area contributed by atoms with E-state index < -0.39 is 37.3 Å². The Kier molecular flexibility index (Phi) is 7.87. The van der Waals surface area contributed by atoms with Gasteiger partial charge >= 0.3 is 0 Å². The average Bonchev–Trinajstić information content (AvgIpc) is 3.73. The number of amides is 2. The molecule has 1 fully saturated rings. The van der Waals surface area contributed by atoms with Gasteiger partial charge in [-0.1, -0.05) is 55.9 Å². The van der Waals surface area contributed by atoms with Crippen LogP contribution in [-0.4, -0.2) is 49.8 Å². The van der Waals surface area contributed by atoms with Gasteiger partial charge in [-0.15, -0.1) is 21.5 Å². The number of thioether (sulfide) groups is 1. The average molecular weight is 641 g/mol. The lowest BCUT2D eigenvalue weighted by Gasteiger charge is -2.12. The minimum absolute atomic E-state index is 0.00903. The molecule has 2 atom stereocenters. The van der Waals surface area contributed by atoms with E-state index in [0.29, 0.717) is 28.3 Å². The fourth-order valence-electron chi connectivity index (χ4n) is 4.72. The molecule has 1 aliphatic heterocycles. The van der Waals surface area contributed by atoms with Crippen LogP contribution in [0.25, 0.3) is 21.3 Å². The molecule has 0 radical (unpaired) electrons. The molecule has 3 aromatic heterocycles. The molecule has 1 aliphatic rings. The van der Waals surface area contributed by atoms with Crippen LogP contribution in [0.5, 0.6) is 0 Å². The Labute approximate surface area is 253 Å². The van der Waals surface area contributed by atoms with Gasteiger partial charge in [-0.3, -0.25) is 19.6 Å². The molecule has 0 spiro atoms. The molecule has 0 bridgehead atoms. The van der Waals surface area contributed by atoms with Crippen LogP contribution in [0.15, 0.2) is 59.3 Å². The maximum absolute atomic E-state index is 15.4. The van der Waals surface area contributed by atoms with Crippen LogP contribution in [-0.2, 0) is 33.4 Å². The summed E-state index contributed by atoms with van der Waals surface area (Å²) in [4.78, 5) is 28.0. The summed E-state index contributed by atoms with van der Waals surface area (Å²) in [6.45, 7) is 4.86. The number of hydrogen-bond acceptors (Lipinski definition) is 11. The van der Waals surface area contributed by atoms with Gasteiger partial charge in [0.05, 0.1) is 16.6 Å². The molecular weight excluding hydrogens is 616 g/mol. The summed E-state index contributed by atoms with van der Waals surface area (Å²) in [6.07, 6.45) is 3.43. The van der Waals surface area contributed by atoms with E-state index in [1.807, 2.05) is 6.20 Å². The van der Waals surface area contributed by atoms with Crippen molar-refractivity contribution in [3.05, 3.63) is 83.0 Å². The first kappa shape index (κ1) is 29.1. The zero-order valence-corrected chi connectivity index (χ0v) is 25.4. The molecule has 1 N–H and O–H groups in total. The number of sulfone groups is 1. The van der Waals surface area contributed by atoms with Gasteiger partial charge in [0.2, 0.25) is 17.7 Å². The topological polar surface area (TPSA) is 150 Å². The van der Waals surface area contributed by atoms with Crippen molar-refractivity contribution < 1.29 is 26.8 Å². The quantitative estimate of drug-likeness (QED) is 0.222. The van der Waals surface area contributed by atoms with Gasteiger partial charge in [0.25, 0.3) is 5.24 Å². The third kappa shape index (κ3) is 6.24. The largest absolute Gasteiger partial charge is 0.423 e. The summed E-state index contributed by atoms with van der Waals surface area (Å²) in [5, 5.41) is 11.8. The van der Waals surface area contributed by atoms with Gasteiger partial charge in [-0.25, -0.2) is 17.8 Å². The van der Waals surface area contributed by atoms with Crippen LogP contribution < -0.4 is 5.32 Å². The lowest BCUT2D eigenvalue weighted by atomic mass is 10.1. The van der Waals surface area contributed by atoms with Crippen LogP contribution >= 0.6 is 23.1 Å². The zero-order chi connectivity index (χ0) is 30.3. The molecule has 2 aromatic carbocycles. The van der Waals surface area contributed by atoms with Crippen molar-refractivity contribution in [1.82, 2.24) is 30.3 Å². The van der Waals surface area contributed by atoms with Crippen LogP contribution in [0.1, 0.15) is 41.4 Å². The molecule has 2 amide bonds. The predicted molar refractivity (Wildman–Crippen MR) is 159 cm³/mol. The number of rotatable bonds is 10. The fourth-order valence-corrected chi connectivity index (χ4v) is 8.69. The van der Waals surface area contributed by atoms with Gasteiger partial charge in [0.1, 0.15) is 15.8 Å². The number of thiazole rings is 1. The highest BCUT2D eigenvalue weighted by atomic mass is 32.2. The van der Waals surface area contributed by atoms with Crippen molar-refractivity contribution in [3.63, 3.8) is 0 Å². The SMILES string of the molecule is CC(C)Cn1cc(-c2cc(F)c3nc(C(c4nnc(CC5SC(=O)NC5=O)o4)S(=O)(=O)Cc4ccccc4)sc3c2)cn1. The van der Waals surface area contributed by atoms with Crippen LogP contribution in [0, 0.1) is 11.7 Å². The highest BCUT2D eigenvalue weighted by Gasteiger charge is 2.39. The number of hydrogen-bond donors (Lipinski definition) is 1. The van der Waals surface area contributed by atoms with Crippen LogP contribution in [0.4, 0.5) is 9.18 Å². The molecule has 222 valence electrons. The number of carbonyl (C=O) groups is 2. The molecule has 0 aliphatic carbocycles. The summed E-state index contributed by atoms with van der Waals surface area (Å²) in [5.41, 5.74) is 1.87.